The number of hydrogen-bond acceptors (Lipinski definition) is 3. The lowest BCUT2D eigenvalue weighted by atomic mass is 9.87. The Labute approximate surface area is 147 Å². The van der Waals surface area contributed by atoms with Crippen molar-refractivity contribution in [1.29, 1.82) is 5.26 Å². The Balaban J connectivity index is 1.96. The maximum absolute atomic E-state index is 13.0. The van der Waals surface area contributed by atoms with Gasteiger partial charge >= 0.3 is 6.03 Å². The zero-order chi connectivity index (χ0) is 18.2. The number of urea groups is 1. The summed E-state index contributed by atoms with van der Waals surface area (Å²) >= 11 is 0. The summed E-state index contributed by atoms with van der Waals surface area (Å²) in [5.41, 5.74) is -0.903. The molecule has 1 aliphatic heterocycles. The van der Waals surface area contributed by atoms with Crippen LogP contribution in [0.1, 0.15) is 32.8 Å². The van der Waals surface area contributed by atoms with Gasteiger partial charge in [-0.15, -0.1) is 0 Å². The third-order valence-corrected chi connectivity index (χ3v) is 4.87. The molecular weight excluding hydrogens is 314 g/mol. The van der Waals surface area contributed by atoms with Crippen molar-refractivity contribution in [2.75, 3.05) is 6.54 Å². The van der Waals surface area contributed by atoms with Gasteiger partial charge in [0.15, 0.2) is 0 Å². The Morgan fingerprint density at radius 3 is 2.56 bits per heavy atom. The molecule has 1 fully saturated rings. The molecule has 3 amide bonds. The van der Waals surface area contributed by atoms with E-state index in [9.17, 15) is 9.59 Å². The van der Waals surface area contributed by atoms with E-state index >= 15 is 0 Å². The first-order valence-corrected chi connectivity index (χ1v) is 8.32. The summed E-state index contributed by atoms with van der Waals surface area (Å²) in [6.07, 6.45) is 0.439. The highest BCUT2D eigenvalue weighted by atomic mass is 16.2. The van der Waals surface area contributed by atoms with Gasteiger partial charge in [0.1, 0.15) is 5.54 Å². The van der Waals surface area contributed by atoms with Crippen LogP contribution in [0.4, 0.5) is 4.79 Å². The number of nitrogens with one attached hydrogen (secondary N) is 1. The number of hydrogen-bond donors (Lipinski definition) is 1. The van der Waals surface area contributed by atoms with Gasteiger partial charge in [-0.3, -0.25) is 9.69 Å². The van der Waals surface area contributed by atoms with Crippen molar-refractivity contribution in [1.82, 2.24) is 10.2 Å². The zero-order valence-electron chi connectivity index (χ0n) is 14.7. The molecule has 0 spiro atoms. The number of carbonyl (C=O) groups excluding carboxylic acids is 2. The molecule has 0 aromatic heterocycles. The average molecular weight is 335 g/mol. The van der Waals surface area contributed by atoms with E-state index in [1.54, 1.807) is 20.8 Å². The Hall–Kier alpha value is -2.87. The summed E-state index contributed by atoms with van der Waals surface area (Å²) in [6.45, 7) is 5.57. The van der Waals surface area contributed by atoms with Gasteiger partial charge in [0, 0.05) is 6.54 Å². The molecule has 0 radical (unpaired) electrons. The maximum Gasteiger partial charge on any atom is 0.325 e. The number of imide groups is 1. The van der Waals surface area contributed by atoms with Gasteiger partial charge in [0.05, 0.1) is 11.5 Å². The van der Waals surface area contributed by atoms with Crippen LogP contribution in [0.5, 0.6) is 0 Å². The van der Waals surface area contributed by atoms with Crippen molar-refractivity contribution >= 4 is 22.7 Å². The van der Waals surface area contributed by atoms with Crippen molar-refractivity contribution in [3.8, 4) is 6.07 Å². The molecule has 128 valence electrons. The van der Waals surface area contributed by atoms with Gasteiger partial charge in [-0.1, -0.05) is 42.5 Å². The molecule has 1 atom stereocenters. The summed E-state index contributed by atoms with van der Waals surface area (Å²) in [4.78, 5) is 26.7. The molecule has 5 nitrogen and oxygen atoms in total. The lowest BCUT2D eigenvalue weighted by Crippen LogP contribution is -2.41. The van der Waals surface area contributed by atoms with Crippen LogP contribution >= 0.6 is 0 Å². The summed E-state index contributed by atoms with van der Waals surface area (Å²) in [7, 11) is 0. The predicted molar refractivity (Wildman–Crippen MR) is 95.6 cm³/mol. The quantitative estimate of drug-likeness (QED) is 0.869. The minimum Gasteiger partial charge on any atom is -0.319 e. The van der Waals surface area contributed by atoms with Crippen LogP contribution in [0.15, 0.2) is 42.5 Å². The average Bonchev–Trinajstić information content (AvgIpc) is 2.82. The van der Waals surface area contributed by atoms with Crippen LogP contribution in [-0.4, -0.2) is 23.4 Å². The largest absolute Gasteiger partial charge is 0.325 e. The van der Waals surface area contributed by atoms with Crippen LogP contribution in [0.3, 0.4) is 0 Å². The number of carbonyl (C=O) groups is 2. The first kappa shape index (κ1) is 17.0. The van der Waals surface area contributed by atoms with Crippen molar-refractivity contribution in [3.63, 3.8) is 0 Å². The van der Waals surface area contributed by atoms with E-state index in [-0.39, 0.29) is 12.5 Å². The number of amides is 3. The molecule has 0 unspecified atom stereocenters. The number of fused-ring (bicyclic) bond motifs is 1. The Morgan fingerprint density at radius 1 is 1.16 bits per heavy atom. The molecule has 0 saturated carbocycles. The van der Waals surface area contributed by atoms with Gasteiger partial charge in [-0.2, -0.15) is 5.26 Å². The van der Waals surface area contributed by atoms with Crippen molar-refractivity contribution < 1.29 is 9.59 Å². The SMILES string of the molecule is CC(C)(C#N)CCN1C(=O)N[C@](C)(c2cccc3ccccc23)C1=O. The lowest BCUT2D eigenvalue weighted by Gasteiger charge is -2.24. The summed E-state index contributed by atoms with van der Waals surface area (Å²) in [5.74, 6) is -0.275. The second-order valence-corrected chi connectivity index (χ2v) is 7.28. The summed E-state index contributed by atoms with van der Waals surface area (Å²) < 4.78 is 0. The normalized spacial score (nSPS) is 20.6. The second kappa shape index (κ2) is 5.89. The molecule has 5 heteroatoms. The van der Waals surface area contributed by atoms with Crippen LogP contribution in [0, 0.1) is 16.7 Å². The fraction of sp³-hybridized carbons (Fsp3) is 0.350. The maximum atomic E-state index is 13.0. The molecule has 1 heterocycles. The molecule has 1 saturated heterocycles. The smallest absolute Gasteiger partial charge is 0.319 e. The molecule has 2 aromatic rings. The zero-order valence-corrected chi connectivity index (χ0v) is 14.7. The van der Waals surface area contributed by atoms with E-state index in [1.165, 1.54) is 4.90 Å². The molecule has 3 rings (SSSR count). The van der Waals surface area contributed by atoms with E-state index in [0.29, 0.717) is 6.42 Å². The first-order chi connectivity index (χ1) is 11.8. The van der Waals surface area contributed by atoms with Crippen molar-refractivity contribution in [2.24, 2.45) is 5.41 Å². The number of rotatable bonds is 4. The monoisotopic (exact) mass is 335 g/mol. The molecule has 0 aliphatic carbocycles. The summed E-state index contributed by atoms with van der Waals surface area (Å²) in [6, 6.07) is 15.3. The minimum atomic E-state index is -1.10. The number of nitrogens with zero attached hydrogens (tertiary/aromatic N) is 2. The van der Waals surface area contributed by atoms with Gasteiger partial charge in [0.25, 0.3) is 5.91 Å². The number of nitriles is 1. The van der Waals surface area contributed by atoms with E-state index in [0.717, 1.165) is 16.3 Å². The first-order valence-electron chi connectivity index (χ1n) is 8.32. The van der Waals surface area contributed by atoms with Crippen molar-refractivity contribution in [2.45, 2.75) is 32.7 Å². The predicted octanol–water partition coefficient (Wildman–Crippen LogP) is 3.55. The van der Waals surface area contributed by atoms with E-state index < -0.39 is 17.0 Å². The molecule has 25 heavy (non-hydrogen) atoms. The molecule has 1 N–H and O–H groups in total. The standard InChI is InChI=1S/C20H21N3O2/c1-19(2,13-21)11-12-23-17(24)20(3,22-18(23)25)16-10-6-8-14-7-4-5-9-15(14)16/h4-10H,11-12H2,1-3H3,(H,22,25)/t20-/m1/s1. The number of benzene rings is 2. The van der Waals surface area contributed by atoms with Gasteiger partial charge in [-0.05, 0) is 43.5 Å². The highest BCUT2D eigenvalue weighted by Crippen LogP contribution is 2.34. The molecular formula is C20H21N3O2. The molecule has 1 aliphatic rings. The Morgan fingerprint density at radius 2 is 1.84 bits per heavy atom. The van der Waals surface area contributed by atoms with E-state index in [2.05, 4.69) is 11.4 Å². The van der Waals surface area contributed by atoms with E-state index in [1.807, 2.05) is 42.5 Å². The highest BCUT2D eigenvalue weighted by Gasteiger charge is 2.49. The van der Waals surface area contributed by atoms with Crippen LogP contribution < -0.4 is 5.32 Å². The second-order valence-electron chi connectivity index (χ2n) is 7.28. The van der Waals surface area contributed by atoms with Gasteiger partial charge in [0.2, 0.25) is 0 Å². The van der Waals surface area contributed by atoms with Crippen LogP contribution in [-0.2, 0) is 10.3 Å². The lowest BCUT2D eigenvalue weighted by molar-refractivity contribution is -0.131. The van der Waals surface area contributed by atoms with Gasteiger partial charge < -0.3 is 5.32 Å². The van der Waals surface area contributed by atoms with Crippen molar-refractivity contribution in [3.05, 3.63) is 48.0 Å². The van der Waals surface area contributed by atoms with Crippen LogP contribution in [0.25, 0.3) is 10.8 Å². The summed E-state index contributed by atoms with van der Waals surface area (Å²) in [5, 5.41) is 14.0. The Bertz CT molecular complexity index is 892. The van der Waals surface area contributed by atoms with Gasteiger partial charge in [-0.25, -0.2) is 4.79 Å². The molecule has 0 bridgehead atoms. The van der Waals surface area contributed by atoms with Crippen LogP contribution in [0.2, 0.25) is 0 Å². The fourth-order valence-electron chi connectivity index (χ4n) is 3.19. The Kier molecular flexibility index (Phi) is 4.00. The third kappa shape index (κ3) is 2.85. The fourth-order valence-corrected chi connectivity index (χ4v) is 3.19. The minimum absolute atomic E-state index is 0.228. The highest BCUT2D eigenvalue weighted by molar-refractivity contribution is 6.09. The topological polar surface area (TPSA) is 73.2 Å². The van der Waals surface area contributed by atoms with E-state index in [4.69, 9.17) is 5.26 Å². The third-order valence-electron chi connectivity index (χ3n) is 4.87. The molecule has 2 aromatic carbocycles.